The first-order valence-electron chi connectivity index (χ1n) is 6.32. The lowest BCUT2D eigenvalue weighted by Gasteiger charge is -2.29. The van der Waals surface area contributed by atoms with Crippen molar-refractivity contribution in [2.24, 2.45) is 5.41 Å². The summed E-state index contributed by atoms with van der Waals surface area (Å²) >= 11 is 5.95. The molecule has 1 aromatic carbocycles. The van der Waals surface area contributed by atoms with Crippen LogP contribution in [-0.4, -0.2) is 18.3 Å². The minimum atomic E-state index is -0.324. The Bertz CT molecular complexity index is 372. The molecule has 2 N–H and O–H groups in total. The number of halogens is 2. The van der Waals surface area contributed by atoms with Gasteiger partial charge in [-0.1, -0.05) is 31.5 Å². The molecule has 0 spiro atoms. The van der Waals surface area contributed by atoms with Crippen LogP contribution >= 0.6 is 11.6 Å². The predicted octanol–water partition coefficient (Wildman–Crippen LogP) is 3.37. The van der Waals surface area contributed by atoms with E-state index in [-0.39, 0.29) is 17.8 Å². The first kappa shape index (κ1) is 15.4. The number of benzene rings is 1. The molecule has 0 unspecified atom stereocenters. The summed E-state index contributed by atoms with van der Waals surface area (Å²) in [6, 6.07) is 4.41. The van der Waals surface area contributed by atoms with Gasteiger partial charge in [0.15, 0.2) is 0 Å². The largest absolute Gasteiger partial charge is 0.396 e. The lowest BCUT2D eigenvalue weighted by molar-refractivity contribution is 0.113. The Kier molecular flexibility index (Phi) is 6.06. The van der Waals surface area contributed by atoms with Crippen LogP contribution in [0.15, 0.2) is 18.2 Å². The summed E-state index contributed by atoms with van der Waals surface area (Å²) in [5.74, 6) is -0.324. The van der Waals surface area contributed by atoms with Crippen LogP contribution in [0.4, 0.5) is 4.39 Å². The molecule has 18 heavy (non-hydrogen) atoms. The molecule has 0 fully saturated rings. The maximum atomic E-state index is 12.9. The Labute approximate surface area is 113 Å². The molecule has 0 atom stereocenters. The third kappa shape index (κ3) is 3.94. The van der Waals surface area contributed by atoms with Crippen molar-refractivity contribution < 1.29 is 9.50 Å². The number of nitrogens with one attached hydrogen (secondary N) is 1. The van der Waals surface area contributed by atoms with Gasteiger partial charge in [0.1, 0.15) is 5.82 Å². The molecular formula is C14H21ClFNO. The normalized spacial score (nSPS) is 11.8. The van der Waals surface area contributed by atoms with E-state index < -0.39 is 0 Å². The van der Waals surface area contributed by atoms with Crippen molar-refractivity contribution in [3.63, 3.8) is 0 Å². The van der Waals surface area contributed by atoms with Gasteiger partial charge >= 0.3 is 0 Å². The minimum Gasteiger partial charge on any atom is -0.396 e. The van der Waals surface area contributed by atoms with Crippen molar-refractivity contribution in [1.82, 2.24) is 5.32 Å². The van der Waals surface area contributed by atoms with Gasteiger partial charge in [-0.2, -0.15) is 0 Å². The zero-order valence-corrected chi connectivity index (χ0v) is 11.7. The Morgan fingerprint density at radius 2 is 2.00 bits per heavy atom. The summed E-state index contributed by atoms with van der Waals surface area (Å²) in [5.41, 5.74) is 0.795. The molecular weight excluding hydrogens is 253 g/mol. The van der Waals surface area contributed by atoms with Gasteiger partial charge in [0.2, 0.25) is 0 Å². The first-order valence-corrected chi connectivity index (χ1v) is 6.70. The smallest absolute Gasteiger partial charge is 0.124 e. The zero-order chi connectivity index (χ0) is 13.6. The molecule has 0 amide bonds. The second-order valence-electron chi connectivity index (χ2n) is 4.70. The number of aliphatic hydroxyl groups is 1. The Morgan fingerprint density at radius 1 is 1.33 bits per heavy atom. The molecule has 102 valence electrons. The van der Waals surface area contributed by atoms with Crippen molar-refractivity contribution in [3.05, 3.63) is 34.6 Å². The van der Waals surface area contributed by atoms with E-state index in [9.17, 15) is 9.50 Å². The molecule has 0 aliphatic rings. The first-order chi connectivity index (χ1) is 8.56. The molecule has 0 saturated carbocycles. The monoisotopic (exact) mass is 273 g/mol. The molecule has 2 nitrogen and oxygen atoms in total. The van der Waals surface area contributed by atoms with Crippen LogP contribution in [0.3, 0.4) is 0 Å². The van der Waals surface area contributed by atoms with Gasteiger partial charge in [0.05, 0.1) is 0 Å². The Balaban J connectivity index is 2.55. The van der Waals surface area contributed by atoms with Crippen LogP contribution in [-0.2, 0) is 6.54 Å². The average molecular weight is 274 g/mol. The Hall–Kier alpha value is -0.640. The fraction of sp³-hybridized carbons (Fsp3) is 0.571. The molecule has 0 aromatic heterocycles. The molecule has 0 saturated heterocycles. The lowest BCUT2D eigenvalue weighted by atomic mass is 9.83. The minimum absolute atomic E-state index is 0.0769. The maximum Gasteiger partial charge on any atom is 0.124 e. The fourth-order valence-corrected chi connectivity index (χ4v) is 2.14. The maximum absolute atomic E-state index is 12.9. The number of hydrogen-bond acceptors (Lipinski definition) is 2. The standard InChI is InChI=1S/C14H21ClFNO/c1-3-14(4-2,10-18)9-17-8-11-5-6-12(16)7-13(11)15/h5-7,17-18H,3-4,8-10H2,1-2H3. The molecule has 1 aromatic rings. The van der Waals surface area contributed by atoms with E-state index in [1.165, 1.54) is 12.1 Å². The van der Waals surface area contributed by atoms with Crippen LogP contribution in [0.2, 0.25) is 5.02 Å². The quantitative estimate of drug-likeness (QED) is 0.798. The van der Waals surface area contributed by atoms with E-state index in [4.69, 9.17) is 11.6 Å². The van der Waals surface area contributed by atoms with Gasteiger partial charge in [-0.25, -0.2) is 4.39 Å². The van der Waals surface area contributed by atoms with Crippen molar-refractivity contribution in [2.75, 3.05) is 13.2 Å². The summed E-state index contributed by atoms with van der Waals surface area (Å²) in [7, 11) is 0. The van der Waals surface area contributed by atoms with Gasteiger partial charge in [-0.05, 0) is 30.5 Å². The van der Waals surface area contributed by atoms with Gasteiger partial charge in [0, 0.05) is 30.1 Å². The van der Waals surface area contributed by atoms with E-state index in [0.717, 1.165) is 24.9 Å². The molecule has 1 rings (SSSR count). The summed E-state index contributed by atoms with van der Waals surface area (Å²) < 4.78 is 12.9. The second-order valence-corrected chi connectivity index (χ2v) is 5.11. The Morgan fingerprint density at radius 3 is 2.50 bits per heavy atom. The molecule has 0 aliphatic heterocycles. The average Bonchev–Trinajstić information content (AvgIpc) is 2.38. The van der Waals surface area contributed by atoms with Crippen molar-refractivity contribution in [3.8, 4) is 0 Å². The highest BCUT2D eigenvalue weighted by atomic mass is 35.5. The highest BCUT2D eigenvalue weighted by Crippen LogP contribution is 2.25. The van der Waals surface area contributed by atoms with Crippen LogP contribution in [0.25, 0.3) is 0 Å². The highest BCUT2D eigenvalue weighted by molar-refractivity contribution is 6.31. The summed E-state index contributed by atoms with van der Waals surface area (Å²) in [6.45, 7) is 5.63. The summed E-state index contributed by atoms with van der Waals surface area (Å²) in [6.07, 6.45) is 1.84. The zero-order valence-electron chi connectivity index (χ0n) is 11.0. The third-order valence-electron chi connectivity index (χ3n) is 3.67. The van der Waals surface area contributed by atoms with Gasteiger partial charge in [-0.15, -0.1) is 0 Å². The summed E-state index contributed by atoms with van der Waals surface area (Å²) in [4.78, 5) is 0. The number of aliphatic hydroxyl groups excluding tert-OH is 1. The van der Waals surface area contributed by atoms with Gasteiger partial charge < -0.3 is 10.4 Å². The van der Waals surface area contributed by atoms with Gasteiger partial charge in [0.25, 0.3) is 0 Å². The number of rotatable bonds is 7. The predicted molar refractivity (Wildman–Crippen MR) is 73.2 cm³/mol. The molecule has 0 radical (unpaired) electrons. The highest BCUT2D eigenvalue weighted by Gasteiger charge is 2.24. The van der Waals surface area contributed by atoms with E-state index >= 15 is 0 Å². The van der Waals surface area contributed by atoms with Crippen LogP contribution in [0.1, 0.15) is 32.3 Å². The van der Waals surface area contributed by atoms with Crippen LogP contribution in [0.5, 0.6) is 0 Å². The van der Waals surface area contributed by atoms with Gasteiger partial charge in [-0.3, -0.25) is 0 Å². The van der Waals surface area contributed by atoms with E-state index in [0.29, 0.717) is 11.6 Å². The molecule has 4 heteroatoms. The van der Waals surface area contributed by atoms with E-state index in [1.807, 2.05) is 0 Å². The van der Waals surface area contributed by atoms with E-state index in [2.05, 4.69) is 19.2 Å². The van der Waals surface area contributed by atoms with Crippen molar-refractivity contribution in [2.45, 2.75) is 33.2 Å². The topological polar surface area (TPSA) is 32.3 Å². The molecule has 0 bridgehead atoms. The number of hydrogen-bond donors (Lipinski definition) is 2. The lowest BCUT2D eigenvalue weighted by Crippen LogP contribution is -2.36. The molecule has 0 heterocycles. The van der Waals surface area contributed by atoms with E-state index in [1.54, 1.807) is 6.07 Å². The van der Waals surface area contributed by atoms with Crippen LogP contribution < -0.4 is 5.32 Å². The van der Waals surface area contributed by atoms with Crippen LogP contribution in [0, 0.1) is 11.2 Å². The van der Waals surface area contributed by atoms with Crippen molar-refractivity contribution >= 4 is 11.6 Å². The second kappa shape index (κ2) is 7.07. The summed E-state index contributed by atoms with van der Waals surface area (Å²) in [5, 5.41) is 13.2. The molecule has 0 aliphatic carbocycles. The third-order valence-corrected chi connectivity index (χ3v) is 4.02. The van der Waals surface area contributed by atoms with Crippen molar-refractivity contribution in [1.29, 1.82) is 0 Å². The fourth-order valence-electron chi connectivity index (χ4n) is 1.91. The SMILES string of the molecule is CCC(CC)(CO)CNCc1ccc(F)cc1Cl.